The molecule has 6 heteroatoms. The first-order valence-corrected chi connectivity index (χ1v) is 7.72. The molecule has 2 aromatic heterocycles. The highest BCUT2D eigenvalue weighted by Gasteiger charge is 2.42. The van der Waals surface area contributed by atoms with Gasteiger partial charge >= 0.3 is 0 Å². The second-order valence-corrected chi connectivity index (χ2v) is 6.16. The molecule has 4 atom stereocenters. The van der Waals surface area contributed by atoms with Crippen LogP contribution in [0.5, 0.6) is 0 Å². The van der Waals surface area contributed by atoms with E-state index in [-0.39, 0.29) is 24.2 Å². The van der Waals surface area contributed by atoms with Gasteiger partial charge in [-0.05, 0) is 38.3 Å². The van der Waals surface area contributed by atoms with Crippen LogP contribution in [0.1, 0.15) is 43.2 Å². The van der Waals surface area contributed by atoms with E-state index >= 15 is 0 Å². The van der Waals surface area contributed by atoms with E-state index in [1.54, 1.807) is 6.20 Å². The largest absolute Gasteiger partial charge is 0.391 e. The van der Waals surface area contributed by atoms with E-state index < -0.39 is 0 Å². The second kappa shape index (κ2) is 4.96. The lowest BCUT2D eigenvalue weighted by molar-refractivity contribution is -0.0112. The lowest BCUT2D eigenvalue weighted by Crippen LogP contribution is -2.55. The zero-order chi connectivity index (χ0) is 14.4. The van der Waals surface area contributed by atoms with E-state index in [1.807, 2.05) is 16.9 Å². The average Bonchev–Trinajstić information content (AvgIpc) is 3.13. The van der Waals surface area contributed by atoms with Gasteiger partial charge in [0.05, 0.1) is 17.8 Å². The van der Waals surface area contributed by atoms with Gasteiger partial charge in [0.2, 0.25) is 0 Å². The van der Waals surface area contributed by atoms with Crippen molar-refractivity contribution in [3.63, 3.8) is 0 Å². The van der Waals surface area contributed by atoms with Crippen LogP contribution in [-0.2, 0) is 13.0 Å². The molecule has 0 aromatic carbocycles. The fraction of sp³-hybridized carbons (Fsp3) is 0.600. The van der Waals surface area contributed by atoms with E-state index in [0.717, 1.165) is 25.1 Å². The monoisotopic (exact) mass is 287 g/mol. The van der Waals surface area contributed by atoms with Crippen LogP contribution in [0.4, 0.5) is 0 Å². The third-order valence-corrected chi connectivity index (χ3v) is 4.73. The van der Waals surface area contributed by atoms with Crippen LogP contribution < -0.4 is 5.32 Å². The van der Waals surface area contributed by atoms with E-state index in [9.17, 15) is 5.11 Å². The second-order valence-electron chi connectivity index (χ2n) is 6.16. The molecule has 0 spiro atoms. The average molecular weight is 287 g/mol. The number of hydrogen-bond donors (Lipinski definition) is 2. The molecule has 0 saturated heterocycles. The molecule has 2 aliphatic rings. The Morgan fingerprint density at radius 3 is 3.10 bits per heavy atom. The molecule has 1 fully saturated rings. The van der Waals surface area contributed by atoms with Crippen LogP contribution in [0.15, 0.2) is 24.5 Å². The minimum atomic E-state index is -0.318. The molecule has 21 heavy (non-hydrogen) atoms. The fourth-order valence-electron chi connectivity index (χ4n) is 3.50. The predicted octanol–water partition coefficient (Wildman–Crippen LogP) is 1.05. The maximum absolute atomic E-state index is 10.0. The molecule has 1 aliphatic heterocycles. The molecule has 112 valence electrons. The number of nitrogens with zero attached hydrogens (tertiary/aromatic N) is 4. The Balaban J connectivity index is 1.45. The van der Waals surface area contributed by atoms with Gasteiger partial charge < -0.3 is 10.4 Å². The third-order valence-electron chi connectivity index (χ3n) is 4.73. The van der Waals surface area contributed by atoms with E-state index in [0.29, 0.717) is 0 Å². The Hall–Kier alpha value is -1.66. The molecule has 0 radical (unpaired) electrons. The first-order valence-electron chi connectivity index (χ1n) is 7.72. The molecule has 0 bridgehead atoms. The van der Waals surface area contributed by atoms with Gasteiger partial charge in [0.1, 0.15) is 0 Å². The minimum absolute atomic E-state index is 0.0249. The predicted molar refractivity (Wildman–Crippen MR) is 77.8 cm³/mol. The Morgan fingerprint density at radius 2 is 2.38 bits per heavy atom. The van der Waals surface area contributed by atoms with Crippen LogP contribution >= 0.6 is 0 Å². The SMILES string of the molecule is CC(N[C@H]1C[C@@H](O)[C@@H]1n1cccn1)c1cc2n(n1)CCC2. The summed E-state index contributed by atoms with van der Waals surface area (Å²) in [5.74, 6) is 0. The number of hydrogen-bond acceptors (Lipinski definition) is 4. The van der Waals surface area contributed by atoms with E-state index in [2.05, 4.69) is 33.2 Å². The van der Waals surface area contributed by atoms with Crippen molar-refractivity contribution in [1.82, 2.24) is 24.9 Å². The summed E-state index contributed by atoms with van der Waals surface area (Å²) in [5, 5.41) is 22.5. The Bertz CT molecular complexity index is 599. The summed E-state index contributed by atoms with van der Waals surface area (Å²) in [5.41, 5.74) is 2.45. The Labute approximate surface area is 123 Å². The highest BCUT2D eigenvalue weighted by molar-refractivity contribution is 5.16. The molecule has 1 saturated carbocycles. The Kier molecular flexibility index (Phi) is 3.08. The number of aromatic nitrogens is 4. The van der Waals surface area contributed by atoms with Gasteiger partial charge in [0.25, 0.3) is 0 Å². The van der Waals surface area contributed by atoms with Crippen LogP contribution in [0.3, 0.4) is 0 Å². The van der Waals surface area contributed by atoms with Gasteiger partial charge in [-0.2, -0.15) is 10.2 Å². The molecule has 0 amide bonds. The molecular formula is C15H21N5O. The number of aliphatic hydroxyl groups excluding tert-OH is 1. The number of aliphatic hydroxyl groups is 1. The summed E-state index contributed by atoms with van der Waals surface area (Å²) in [7, 11) is 0. The molecule has 2 N–H and O–H groups in total. The third kappa shape index (κ3) is 2.18. The normalized spacial score (nSPS) is 29.1. The summed E-state index contributed by atoms with van der Waals surface area (Å²) in [6.07, 6.45) is 6.46. The Morgan fingerprint density at radius 1 is 1.48 bits per heavy atom. The highest BCUT2D eigenvalue weighted by atomic mass is 16.3. The van der Waals surface area contributed by atoms with Crippen molar-refractivity contribution in [3.8, 4) is 0 Å². The van der Waals surface area contributed by atoms with Crippen molar-refractivity contribution >= 4 is 0 Å². The molecule has 2 aromatic rings. The maximum Gasteiger partial charge on any atom is 0.0932 e. The molecule has 4 rings (SSSR count). The van der Waals surface area contributed by atoms with Gasteiger partial charge in [-0.3, -0.25) is 9.36 Å². The van der Waals surface area contributed by atoms with Crippen LogP contribution in [0.2, 0.25) is 0 Å². The first kappa shape index (κ1) is 13.0. The molecule has 3 heterocycles. The van der Waals surface area contributed by atoms with Crippen LogP contribution in [-0.4, -0.2) is 36.8 Å². The summed E-state index contributed by atoms with van der Waals surface area (Å²) in [4.78, 5) is 0. The quantitative estimate of drug-likeness (QED) is 0.882. The van der Waals surface area contributed by atoms with Crippen molar-refractivity contribution < 1.29 is 5.11 Å². The number of aryl methyl sites for hydroxylation is 2. The molecule has 1 unspecified atom stereocenters. The number of fused-ring (bicyclic) bond motifs is 1. The fourth-order valence-corrected chi connectivity index (χ4v) is 3.50. The number of rotatable bonds is 4. The van der Waals surface area contributed by atoms with E-state index in [1.165, 1.54) is 12.1 Å². The summed E-state index contributed by atoms with van der Waals surface area (Å²) < 4.78 is 3.97. The van der Waals surface area contributed by atoms with Gasteiger partial charge in [0, 0.05) is 36.7 Å². The van der Waals surface area contributed by atoms with Gasteiger partial charge in [-0.1, -0.05) is 0 Å². The molecule has 1 aliphatic carbocycles. The topological polar surface area (TPSA) is 67.9 Å². The lowest BCUT2D eigenvalue weighted by Gasteiger charge is -2.43. The molecule has 6 nitrogen and oxygen atoms in total. The zero-order valence-electron chi connectivity index (χ0n) is 12.2. The van der Waals surface area contributed by atoms with Crippen LogP contribution in [0.25, 0.3) is 0 Å². The summed E-state index contributed by atoms with van der Waals surface area (Å²) in [6, 6.07) is 4.57. The summed E-state index contributed by atoms with van der Waals surface area (Å²) in [6.45, 7) is 3.18. The van der Waals surface area contributed by atoms with Crippen molar-refractivity contribution in [1.29, 1.82) is 0 Å². The minimum Gasteiger partial charge on any atom is -0.391 e. The van der Waals surface area contributed by atoms with Gasteiger partial charge in [0.15, 0.2) is 0 Å². The van der Waals surface area contributed by atoms with E-state index in [4.69, 9.17) is 0 Å². The van der Waals surface area contributed by atoms with Gasteiger partial charge in [-0.25, -0.2) is 0 Å². The van der Waals surface area contributed by atoms with Crippen LogP contribution in [0, 0.1) is 0 Å². The van der Waals surface area contributed by atoms with Crippen molar-refractivity contribution in [3.05, 3.63) is 35.9 Å². The van der Waals surface area contributed by atoms with Crippen molar-refractivity contribution in [2.75, 3.05) is 0 Å². The lowest BCUT2D eigenvalue weighted by atomic mass is 9.82. The highest BCUT2D eigenvalue weighted by Crippen LogP contribution is 2.34. The first-order chi connectivity index (χ1) is 10.2. The zero-order valence-corrected chi connectivity index (χ0v) is 12.2. The molecular weight excluding hydrogens is 266 g/mol. The van der Waals surface area contributed by atoms with Crippen molar-refractivity contribution in [2.45, 2.75) is 57.0 Å². The maximum atomic E-state index is 10.0. The smallest absolute Gasteiger partial charge is 0.0932 e. The van der Waals surface area contributed by atoms with Crippen molar-refractivity contribution in [2.24, 2.45) is 0 Å². The van der Waals surface area contributed by atoms with Gasteiger partial charge in [-0.15, -0.1) is 0 Å². The standard InChI is InChI=1S/C15H21N5O/c1-10(12-8-11-4-2-6-19(11)18-12)17-13-9-14(21)15(13)20-7-3-5-16-20/h3,5,7-8,10,13-15,17,21H,2,4,6,9H2,1H3/t10?,13-,14+,15+/m0/s1. The number of nitrogens with one attached hydrogen (secondary N) is 1. The summed E-state index contributed by atoms with van der Waals surface area (Å²) >= 11 is 0.